The van der Waals surface area contributed by atoms with E-state index in [0.717, 1.165) is 51.2 Å². The average molecular weight is 441 g/mol. The molecule has 0 aromatic heterocycles. The highest BCUT2D eigenvalue weighted by molar-refractivity contribution is 5.76. The maximum Gasteiger partial charge on any atom is 0.311 e. The van der Waals surface area contributed by atoms with E-state index in [0.29, 0.717) is 12.5 Å². The lowest BCUT2D eigenvalue weighted by Gasteiger charge is -2.52. The van der Waals surface area contributed by atoms with Crippen LogP contribution in [0.5, 0.6) is 5.75 Å². The molecule has 2 aliphatic carbocycles. The van der Waals surface area contributed by atoms with E-state index in [2.05, 4.69) is 41.9 Å². The third kappa shape index (κ3) is 3.52. The van der Waals surface area contributed by atoms with Crippen LogP contribution in [0.2, 0.25) is 0 Å². The number of nitrogens with zero attached hydrogens (tertiary/aromatic N) is 2. The molecule has 174 valence electrons. The Labute approximate surface area is 191 Å². The molecule has 1 saturated carbocycles. The number of fused-ring (bicyclic) bond motifs is 2. The summed E-state index contributed by atoms with van der Waals surface area (Å²) in [6, 6.07) is 8.18. The van der Waals surface area contributed by atoms with Gasteiger partial charge in [-0.1, -0.05) is 31.6 Å². The van der Waals surface area contributed by atoms with Gasteiger partial charge in [-0.25, -0.2) is 0 Å². The number of allylic oxidation sites excluding steroid dienone is 1. The maximum absolute atomic E-state index is 12.9. The number of benzene rings is 1. The first-order valence-electron chi connectivity index (χ1n) is 12.1. The Morgan fingerprint density at radius 2 is 2.03 bits per heavy atom. The molecule has 32 heavy (non-hydrogen) atoms. The van der Waals surface area contributed by atoms with Gasteiger partial charge in [0.2, 0.25) is 0 Å². The van der Waals surface area contributed by atoms with Crippen molar-refractivity contribution in [3.05, 3.63) is 35.9 Å². The molecule has 6 heteroatoms. The summed E-state index contributed by atoms with van der Waals surface area (Å²) in [6.07, 6.45) is 4.53. The van der Waals surface area contributed by atoms with Crippen molar-refractivity contribution in [3.8, 4) is 5.75 Å². The molecule has 0 bridgehead atoms. The number of piperazine rings is 1. The zero-order chi connectivity index (χ0) is 22.5. The van der Waals surface area contributed by atoms with Gasteiger partial charge in [-0.05, 0) is 30.9 Å². The Morgan fingerprint density at radius 3 is 2.78 bits per heavy atom. The molecule has 1 N–H and O–H groups in total. The van der Waals surface area contributed by atoms with Gasteiger partial charge in [-0.3, -0.25) is 9.69 Å². The molecule has 4 aliphatic rings. The number of ether oxygens (including phenoxy) is 2. The van der Waals surface area contributed by atoms with Gasteiger partial charge >= 0.3 is 5.97 Å². The number of hydrogen-bond acceptors (Lipinski definition) is 6. The second-order valence-electron chi connectivity index (χ2n) is 10.3. The van der Waals surface area contributed by atoms with Crippen LogP contribution in [-0.4, -0.2) is 68.0 Å². The third-order valence-electron chi connectivity index (χ3n) is 8.82. The molecule has 2 saturated heterocycles. The van der Waals surface area contributed by atoms with Crippen LogP contribution in [0.4, 0.5) is 5.69 Å². The van der Waals surface area contributed by atoms with Gasteiger partial charge in [0.1, 0.15) is 11.9 Å². The van der Waals surface area contributed by atoms with Crippen molar-refractivity contribution >= 4 is 11.7 Å². The summed E-state index contributed by atoms with van der Waals surface area (Å²) in [6.45, 7) is 8.74. The number of aliphatic hydroxyl groups is 1. The van der Waals surface area contributed by atoms with Crippen LogP contribution in [-0.2, 0) is 9.53 Å². The average Bonchev–Trinajstić information content (AvgIpc) is 3.11. The molecule has 1 unspecified atom stereocenters. The highest BCUT2D eigenvalue weighted by Crippen LogP contribution is 2.56. The number of carbonyl (C=O) groups excluding carboxylic acids is 1. The summed E-state index contributed by atoms with van der Waals surface area (Å²) >= 11 is 0. The largest absolute Gasteiger partial charge is 0.497 e. The highest BCUT2D eigenvalue weighted by Gasteiger charge is 2.59. The first kappa shape index (κ1) is 21.8. The molecule has 6 atom stereocenters. The fourth-order valence-electron chi connectivity index (χ4n) is 6.55. The summed E-state index contributed by atoms with van der Waals surface area (Å²) in [4.78, 5) is 17.6. The summed E-state index contributed by atoms with van der Waals surface area (Å²) in [7, 11) is 1.69. The van der Waals surface area contributed by atoms with Gasteiger partial charge < -0.3 is 19.5 Å². The van der Waals surface area contributed by atoms with Gasteiger partial charge in [0.25, 0.3) is 0 Å². The number of anilines is 1. The van der Waals surface area contributed by atoms with Crippen molar-refractivity contribution in [2.75, 3.05) is 44.7 Å². The van der Waals surface area contributed by atoms with Crippen molar-refractivity contribution in [1.82, 2.24) is 4.90 Å². The summed E-state index contributed by atoms with van der Waals surface area (Å²) in [5, 5.41) is 11.6. The molecule has 0 spiro atoms. The monoisotopic (exact) mass is 440 g/mol. The molecule has 3 fully saturated rings. The fraction of sp³-hybridized carbons (Fsp3) is 0.654. The van der Waals surface area contributed by atoms with Crippen LogP contribution >= 0.6 is 0 Å². The van der Waals surface area contributed by atoms with Gasteiger partial charge in [0.05, 0.1) is 19.1 Å². The predicted octanol–water partition coefficient (Wildman–Crippen LogP) is 3.10. The number of aliphatic hydroxyl groups excluding tert-OH is 1. The van der Waals surface area contributed by atoms with E-state index in [1.807, 2.05) is 12.1 Å². The second kappa shape index (κ2) is 8.38. The molecule has 1 aromatic carbocycles. The Hall–Kier alpha value is -2.05. The van der Waals surface area contributed by atoms with Gasteiger partial charge in [-0.2, -0.15) is 0 Å². The minimum absolute atomic E-state index is 0.110. The lowest BCUT2D eigenvalue weighted by Crippen LogP contribution is -2.55. The number of rotatable bonds is 4. The molecular formula is C26H36N2O4. The quantitative estimate of drug-likeness (QED) is 0.574. The molecule has 0 amide bonds. The van der Waals surface area contributed by atoms with Gasteiger partial charge in [0.15, 0.2) is 0 Å². The first-order valence-corrected chi connectivity index (χ1v) is 12.1. The number of esters is 1. The Kier molecular flexibility index (Phi) is 5.70. The number of methoxy groups -OCH3 is 1. The first-order chi connectivity index (χ1) is 15.4. The summed E-state index contributed by atoms with van der Waals surface area (Å²) < 4.78 is 11.2. The molecule has 6 nitrogen and oxygen atoms in total. The van der Waals surface area contributed by atoms with Crippen LogP contribution < -0.4 is 9.64 Å². The van der Waals surface area contributed by atoms with Crippen LogP contribution in [0, 0.1) is 23.2 Å². The minimum atomic E-state index is -0.530. The normalized spacial score (nSPS) is 37.4. The second-order valence-corrected chi connectivity index (χ2v) is 10.3. The highest BCUT2D eigenvalue weighted by atomic mass is 16.6. The van der Waals surface area contributed by atoms with Crippen molar-refractivity contribution in [1.29, 1.82) is 0 Å². The van der Waals surface area contributed by atoms with Crippen LogP contribution in [0.3, 0.4) is 0 Å². The van der Waals surface area contributed by atoms with Crippen molar-refractivity contribution in [3.63, 3.8) is 0 Å². The molecular weight excluding hydrogens is 404 g/mol. The summed E-state index contributed by atoms with van der Waals surface area (Å²) in [5.41, 5.74) is 2.23. The van der Waals surface area contributed by atoms with Crippen molar-refractivity contribution < 1.29 is 19.4 Å². The van der Waals surface area contributed by atoms with E-state index in [1.54, 1.807) is 7.11 Å². The summed E-state index contributed by atoms with van der Waals surface area (Å²) in [5.74, 6) is 0.813. The lowest BCUT2D eigenvalue weighted by molar-refractivity contribution is -0.145. The maximum atomic E-state index is 12.9. The van der Waals surface area contributed by atoms with Crippen LogP contribution in [0.1, 0.15) is 33.1 Å². The number of carbonyl (C=O) groups is 1. The fourth-order valence-corrected chi connectivity index (χ4v) is 6.55. The minimum Gasteiger partial charge on any atom is -0.497 e. The molecule has 0 radical (unpaired) electrons. The SMILES string of the molecule is COc1cccc(N2CCN(CC3C(=O)O[C@@H]4CC5=CCC[C@H](C)[C@@]5(C)[C@@H](O)[C@H]34)CC2)c1. The van der Waals surface area contributed by atoms with E-state index in [9.17, 15) is 9.90 Å². The molecule has 2 aliphatic heterocycles. The predicted molar refractivity (Wildman–Crippen MR) is 124 cm³/mol. The topological polar surface area (TPSA) is 62.2 Å². The van der Waals surface area contributed by atoms with E-state index in [4.69, 9.17) is 9.47 Å². The van der Waals surface area contributed by atoms with E-state index >= 15 is 0 Å². The zero-order valence-electron chi connectivity index (χ0n) is 19.5. The third-order valence-corrected chi connectivity index (χ3v) is 8.82. The van der Waals surface area contributed by atoms with Gasteiger partial charge in [-0.15, -0.1) is 0 Å². The van der Waals surface area contributed by atoms with Crippen LogP contribution in [0.15, 0.2) is 35.9 Å². The Bertz CT molecular complexity index is 894. The standard InChI is InChI=1S/C26H36N2O4/c1-17-6-4-7-18-14-22-23(24(29)26(17,18)2)21(25(30)32-22)16-27-10-12-28(13-11-27)19-8-5-9-20(15-19)31-3/h5,7-9,15,17,21-24,29H,4,6,10-14,16H2,1-3H3/t17-,21?,22+,23+,24-,26+/m0/s1. The van der Waals surface area contributed by atoms with Crippen molar-refractivity contribution in [2.45, 2.75) is 45.3 Å². The van der Waals surface area contributed by atoms with E-state index in [1.165, 1.54) is 11.3 Å². The molecule has 5 rings (SSSR count). The molecule has 1 aromatic rings. The van der Waals surface area contributed by atoms with E-state index < -0.39 is 6.10 Å². The Balaban J connectivity index is 1.26. The number of hydrogen-bond donors (Lipinski definition) is 1. The van der Waals surface area contributed by atoms with E-state index in [-0.39, 0.29) is 29.3 Å². The molecule has 2 heterocycles. The lowest BCUT2D eigenvalue weighted by atomic mass is 9.55. The zero-order valence-corrected chi connectivity index (χ0v) is 19.5. The van der Waals surface area contributed by atoms with Crippen molar-refractivity contribution in [2.24, 2.45) is 23.2 Å². The van der Waals surface area contributed by atoms with Gasteiger partial charge in [0, 0.05) is 62.2 Å². The Morgan fingerprint density at radius 1 is 1.25 bits per heavy atom. The van der Waals surface area contributed by atoms with Crippen LogP contribution in [0.25, 0.3) is 0 Å². The smallest absolute Gasteiger partial charge is 0.311 e.